The summed E-state index contributed by atoms with van der Waals surface area (Å²) in [4.78, 5) is 39.3. The second-order valence-electron chi connectivity index (χ2n) is 8.80. The van der Waals surface area contributed by atoms with Gasteiger partial charge in [-0.05, 0) is 52.7 Å². The molecule has 6 nitrogen and oxygen atoms in total. The van der Waals surface area contributed by atoms with Gasteiger partial charge in [0.25, 0.3) is 11.8 Å². The van der Waals surface area contributed by atoms with Crippen LogP contribution in [0.15, 0.2) is 103 Å². The minimum atomic E-state index is -0.878. The maximum absolute atomic E-state index is 13.4. The van der Waals surface area contributed by atoms with Gasteiger partial charge in [-0.25, -0.2) is 14.1 Å². The molecule has 1 saturated heterocycles. The molecule has 6 rings (SSSR count). The minimum Gasteiger partial charge on any atom is -0.342 e. The Bertz CT molecular complexity index is 1750. The van der Waals surface area contributed by atoms with E-state index < -0.39 is 23.7 Å². The van der Waals surface area contributed by atoms with Crippen LogP contribution in [0.2, 0.25) is 0 Å². The number of para-hydroxylation sites is 1. The van der Waals surface area contributed by atoms with Crippen LogP contribution in [0.25, 0.3) is 27.8 Å². The molecular formula is C30H20FN3O3. The Balaban J connectivity index is 1.43. The number of imide groups is 2. The number of amides is 4. The smallest absolute Gasteiger partial charge is 0.335 e. The normalized spacial score (nSPS) is 15.1. The van der Waals surface area contributed by atoms with Crippen molar-refractivity contribution >= 4 is 51.3 Å². The van der Waals surface area contributed by atoms with Gasteiger partial charge >= 0.3 is 6.03 Å². The first kappa shape index (κ1) is 22.4. The zero-order valence-electron chi connectivity index (χ0n) is 19.5. The van der Waals surface area contributed by atoms with Crippen LogP contribution in [0.1, 0.15) is 11.1 Å². The van der Waals surface area contributed by atoms with Crippen molar-refractivity contribution in [1.29, 1.82) is 0 Å². The van der Waals surface area contributed by atoms with Gasteiger partial charge in [0.1, 0.15) is 11.4 Å². The fraction of sp³-hybridized carbons (Fsp3) is 0.0333. The maximum Gasteiger partial charge on any atom is 0.335 e. The van der Waals surface area contributed by atoms with Crippen molar-refractivity contribution in [2.45, 2.75) is 6.54 Å². The summed E-state index contributed by atoms with van der Waals surface area (Å²) < 4.78 is 15.5. The van der Waals surface area contributed by atoms with Crippen molar-refractivity contribution in [3.05, 3.63) is 120 Å². The van der Waals surface area contributed by atoms with Crippen LogP contribution < -0.4 is 10.2 Å². The van der Waals surface area contributed by atoms with E-state index in [0.29, 0.717) is 12.1 Å². The van der Waals surface area contributed by atoms with E-state index in [2.05, 4.69) is 34.1 Å². The molecule has 1 aromatic heterocycles. The second-order valence-corrected chi connectivity index (χ2v) is 8.80. The van der Waals surface area contributed by atoms with Crippen LogP contribution in [0, 0.1) is 5.82 Å². The maximum atomic E-state index is 13.4. The van der Waals surface area contributed by atoms with E-state index in [1.807, 2.05) is 48.7 Å². The topological polar surface area (TPSA) is 71.4 Å². The van der Waals surface area contributed by atoms with Crippen molar-refractivity contribution in [3.63, 3.8) is 0 Å². The molecule has 4 amide bonds. The van der Waals surface area contributed by atoms with E-state index in [9.17, 15) is 18.8 Å². The van der Waals surface area contributed by atoms with Gasteiger partial charge in [-0.1, -0.05) is 60.7 Å². The number of halogens is 1. The molecule has 2 heterocycles. The molecule has 4 aromatic carbocycles. The predicted octanol–water partition coefficient (Wildman–Crippen LogP) is 5.65. The first-order valence-corrected chi connectivity index (χ1v) is 11.7. The number of fused-ring (bicyclic) bond motifs is 2. The predicted molar refractivity (Wildman–Crippen MR) is 140 cm³/mol. The highest BCUT2D eigenvalue weighted by molar-refractivity contribution is 6.39. The van der Waals surface area contributed by atoms with Crippen LogP contribution in [0.4, 0.5) is 14.9 Å². The lowest BCUT2D eigenvalue weighted by molar-refractivity contribution is -0.122. The van der Waals surface area contributed by atoms with E-state index in [4.69, 9.17) is 0 Å². The molecule has 0 bridgehead atoms. The fourth-order valence-electron chi connectivity index (χ4n) is 4.77. The van der Waals surface area contributed by atoms with Crippen molar-refractivity contribution in [2.75, 3.05) is 4.90 Å². The molecular weight excluding hydrogens is 469 g/mol. The lowest BCUT2D eigenvalue weighted by Crippen LogP contribution is -2.54. The van der Waals surface area contributed by atoms with Crippen molar-refractivity contribution in [3.8, 4) is 0 Å². The number of nitrogens with one attached hydrogen (secondary N) is 1. The molecule has 0 saturated carbocycles. The largest absolute Gasteiger partial charge is 0.342 e. The Hall–Kier alpha value is -5.04. The molecule has 1 N–H and O–H groups in total. The zero-order valence-corrected chi connectivity index (χ0v) is 19.5. The number of carbonyl (C=O) groups excluding carboxylic acids is 3. The first-order chi connectivity index (χ1) is 18.0. The number of aromatic nitrogens is 1. The van der Waals surface area contributed by atoms with Gasteiger partial charge in [0.2, 0.25) is 0 Å². The van der Waals surface area contributed by atoms with Gasteiger partial charge in [-0.15, -0.1) is 0 Å². The summed E-state index contributed by atoms with van der Waals surface area (Å²) in [7, 11) is 0. The zero-order chi connectivity index (χ0) is 25.5. The lowest BCUT2D eigenvalue weighted by atomic mass is 10.0. The minimum absolute atomic E-state index is 0.167. The van der Waals surface area contributed by atoms with Crippen LogP contribution in [-0.2, 0) is 16.1 Å². The van der Waals surface area contributed by atoms with Crippen molar-refractivity contribution < 1.29 is 18.8 Å². The van der Waals surface area contributed by atoms with E-state index >= 15 is 0 Å². The molecule has 5 aromatic rings. The molecule has 180 valence electrons. The Morgan fingerprint density at radius 3 is 2.30 bits per heavy atom. The van der Waals surface area contributed by atoms with Gasteiger partial charge in [-0.3, -0.25) is 14.9 Å². The van der Waals surface area contributed by atoms with Gasteiger partial charge in [0.15, 0.2) is 0 Å². The molecule has 1 fully saturated rings. The van der Waals surface area contributed by atoms with Crippen LogP contribution in [0.3, 0.4) is 0 Å². The number of hydrogen-bond donors (Lipinski definition) is 1. The number of urea groups is 1. The molecule has 0 atom stereocenters. The van der Waals surface area contributed by atoms with Crippen LogP contribution in [0.5, 0.6) is 0 Å². The average Bonchev–Trinajstić information content (AvgIpc) is 3.25. The molecule has 1 aliphatic heterocycles. The number of benzene rings is 4. The number of anilines is 1. The highest BCUT2D eigenvalue weighted by Crippen LogP contribution is 2.28. The monoisotopic (exact) mass is 489 g/mol. The van der Waals surface area contributed by atoms with E-state index in [-0.39, 0.29) is 11.3 Å². The molecule has 0 aliphatic carbocycles. The summed E-state index contributed by atoms with van der Waals surface area (Å²) in [6.07, 6.45) is 3.40. The third kappa shape index (κ3) is 3.96. The highest BCUT2D eigenvalue weighted by atomic mass is 19.1. The first-order valence-electron chi connectivity index (χ1n) is 11.7. The Morgan fingerprint density at radius 2 is 1.49 bits per heavy atom. The molecule has 0 unspecified atom stereocenters. The summed E-state index contributed by atoms with van der Waals surface area (Å²) in [5.41, 5.74) is 2.73. The van der Waals surface area contributed by atoms with Crippen molar-refractivity contribution in [1.82, 2.24) is 9.88 Å². The summed E-state index contributed by atoms with van der Waals surface area (Å²) in [5.74, 6) is -2.05. The van der Waals surface area contributed by atoms with E-state index in [1.165, 1.54) is 18.2 Å². The average molecular weight is 490 g/mol. The molecule has 0 spiro atoms. The van der Waals surface area contributed by atoms with Gasteiger partial charge in [-0.2, -0.15) is 0 Å². The third-order valence-electron chi connectivity index (χ3n) is 6.53. The summed E-state index contributed by atoms with van der Waals surface area (Å²) in [6.45, 7) is 0.589. The molecule has 37 heavy (non-hydrogen) atoms. The fourth-order valence-corrected chi connectivity index (χ4v) is 4.77. The van der Waals surface area contributed by atoms with Crippen LogP contribution in [-0.4, -0.2) is 22.4 Å². The van der Waals surface area contributed by atoms with Gasteiger partial charge < -0.3 is 4.57 Å². The summed E-state index contributed by atoms with van der Waals surface area (Å²) in [5, 5.41) is 5.38. The Labute approximate surface area is 211 Å². The van der Waals surface area contributed by atoms with E-state index in [0.717, 1.165) is 44.3 Å². The SMILES string of the molecule is O=C1NC(=O)N(c2ccc(F)cc2)C(=O)/C1=C/c1cn(Cc2cccc3ccccc23)c2ccccc12. The summed E-state index contributed by atoms with van der Waals surface area (Å²) in [6, 6.07) is 26.2. The molecule has 0 radical (unpaired) electrons. The standard InChI is InChI=1S/C30H20FN3O3/c31-22-12-14-23(15-13-22)34-29(36)26(28(35)32-30(34)37)16-21-18-33(27-11-4-3-10-25(21)27)17-20-8-5-7-19-6-1-2-9-24(19)20/h1-16,18H,17H2,(H,32,35,37)/b26-16+. The number of nitrogens with zero attached hydrogens (tertiary/aromatic N) is 2. The van der Waals surface area contributed by atoms with Gasteiger partial charge in [0.05, 0.1) is 5.69 Å². The third-order valence-corrected chi connectivity index (χ3v) is 6.53. The van der Waals surface area contributed by atoms with Crippen LogP contribution >= 0.6 is 0 Å². The molecule has 7 heteroatoms. The number of carbonyl (C=O) groups is 3. The number of hydrogen-bond acceptors (Lipinski definition) is 3. The lowest BCUT2D eigenvalue weighted by Gasteiger charge is -2.26. The number of rotatable bonds is 4. The summed E-state index contributed by atoms with van der Waals surface area (Å²) >= 11 is 0. The quantitative estimate of drug-likeness (QED) is 0.262. The van der Waals surface area contributed by atoms with Crippen molar-refractivity contribution in [2.24, 2.45) is 0 Å². The second kappa shape index (κ2) is 8.87. The highest BCUT2D eigenvalue weighted by Gasteiger charge is 2.37. The molecule has 1 aliphatic rings. The Kier molecular flexibility index (Phi) is 5.38. The van der Waals surface area contributed by atoms with Gasteiger partial charge in [0, 0.05) is 29.2 Å². The van der Waals surface area contributed by atoms with E-state index in [1.54, 1.807) is 0 Å². The number of barbiturate groups is 1. The Morgan fingerprint density at radius 1 is 0.784 bits per heavy atom.